The SMILES string of the molecule is CC/C=C\C/C=C\C/C=C\C/C=C\C/C=C\C/C=C\CCCCCCCCCCCCCCCCCCC(=O)NC(CO)C(O)/C=C/CCCCCCCCCCCCCCCCCCCCCC. The van der Waals surface area contributed by atoms with Crippen molar-refractivity contribution in [2.75, 3.05) is 6.61 Å². The molecular weight excluding hydrogens is 843 g/mol. The number of carbonyl (C=O) groups excluding carboxylic acids is 1. The van der Waals surface area contributed by atoms with Gasteiger partial charge in [0.1, 0.15) is 0 Å². The Hall–Kier alpha value is -2.43. The topological polar surface area (TPSA) is 69.6 Å². The molecule has 4 nitrogen and oxygen atoms in total. The number of carbonyl (C=O) groups is 1. The Morgan fingerprint density at radius 3 is 0.957 bits per heavy atom. The normalized spacial score (nSPS) is 13.4. The molecule has 2 unspecified atom stereocenters. The quantitative estimate of drug-likeness (QED) is 0.0420. The molecule has 2 atom stereocenters. The summed E-state index contributed by atoms with van der Waals surface area (Å²) in [7, 11) is 0. The molecule has 0 bridgehead atoms. The maximum atomic E-state index is 12.5. The highest BCUT2D eigenvalue weighted by Crippen LogP contribution is 2.17. The molecule has 0 heterocycles. The highest BCUT2D eigenvalue weighted by Gasteiger charge is 2.18. The van der Waals surface area contributed by atoms with Crippen LogP contribution < -0.4 is 5.32 Å². The molecule has 0 aliphatic rings. The van der Waals surface area contributed by atoms with Crippen molar-refractivity contribution < 1.29 is 15.0 Å². The predicted molar refractivity (Wildman–Crippen MR) is 308 cm³/mol. The number of rotatable bonds is 55. The van der Waals surface area contributed by atoms with Crippen molar-refractivity contribution in [2.24, 2.45) is 0 Å². The van der Waals surface area contributed by atoms with Crippen LogP contribution in [-0.2, 0) is 4.79 Å². The molecule has 69 heavy (non-hydrogen) atoms. The van der Waals surface area contributed by atoms with E-state index in [0.29, 0.717) is 6.42 Å². The van der Waals surface area contributed by atoms with Crippen LogP contribution >= 0.6 is 0 Å². The zero-order valence-corrected chi connectivity index (χ0v) is 46.1. The molecule has 4 heteroatoms. The largest absolute Gasteiger partial charge is 0.394 e. The van der Waals surface area contributed by atoms with Gasteiger partial charge in [-0.15, -0.1) is 0 Å². The summed E-state index contributed by atoms with van der Waals surface area (Å²) >= 11 is 0. The van der Waals surface area contributed by atoms with E-state index < -0.39 is 12.1 Å². The number of amides is 1. The van der Waals surface area contributed by atoms with E-state index in [1.54, 1.807) is 6.08 Å². The molecule has 0 spiro atoms. The number of nitrogens with one attached hydrogen (secondary N) is 1. The molecule has 400 valence electrons. The third-order valence-corrected chi connectivity index (χ3v) is 13.6. The second-order valence-corrected chi connectivity index (χ2v) is 20.4. The third-order valence-electron chi connectivity index (χ3n) is 13.6. The Morgan fingerprint density at radius 2 is 0.638 bits per heavy atom. The van der Waals surface area contributed by atoms with E-state index in [-0.39, 0.29) is 12.5 Å². The Kier molecular flexibility index (Phi) is 57.8. The van der Waals surface area contributed by atoms with E-state index >= 15 is 0 Å². The minimum Gasteiger partial charge on any atom is -0.394 e. The van der Waals surface area contributed by atoms with Gasteiger partial charge in [-0.2, -0.15) is 0 Å². The lowest BCUT2D eigenvalue weighted by molar-refractivity contribution is -0.123. The lowest BCUT2D eigenvalue weighted by Crippen LogP contribution is -2.45. The molecule has 0 aliphatic carbocycles. The van der Waals surface area contributed by atoms with E-state index in [9.17, 15) is 15.0 Å². The van der Waals surface area contributed by atoms with E-state index in [0.717, 1.165) is 64.2 Å². The fourth-order valence-electron chi connectivity index (χ4n) is 9.07. The average molecular weight is 961 g/mol. The first-order valence-corrected chi connectivity index (χ1v) is 30.3. The molecule has 1 amide bonds. The molecule has 0 rings (SSSR count). The van der Waals surface area contributed by atoms with E-state index in [1.165, 1.54) is 218 Å². The monoisotopic (exact) mass is 960 g/mol. The van der Waals surface area contributed by atoms with Crippen LogP contribution in [0.5, 0.6) is 0 Å². The zero-order valence-electron chi connectivity index (χ0n) is 46.1. The van der Waals surface area contributed by atoms with Gasteiger partial charge in [-0.05, 0) is 70.6 Å². The molecule has 0 saturated heterocycles. The highest BCUT2D eigenvalue weighted by atomic mass is 16.3. The molecule has 0 aromatic heterocycles. The van der Waals surface area contributed by atoms with Gasteiger partial charge in [-0.25, -0.2) is 0 Å². The van der Waals surface area contributed by atoms with E-state index in [4.69, 9.17) is 0 Å². The molecule has 0 aliphatic heterocycles. The minimum absolute atomic E-state index is 0.0626. The van der Waals surface area contributed by atoms with E-state index in [1.807, 2.05) is 6.08 Å². The summed E-state index contributed by atoms with van der Waals surface area (Å²) in [6.07, 6.45) is 87.6. The number of aliphatic hydroxyl groups is 2. The fourth-order valence-corrected chi connectivity index (χ4v) is 9.07. The maximum Gasteiger partial charge on any atom is 0.220 e. The lowest BCUT2D eigenvalue weighted by atomic mass is 10.0. The minimum atomic E-state index is -0.843. The molecule has 0 fully saturated rings. The summed E-state index contributed by atoms with van der Waals surface area (Å²) in [5, 5.41) is 23.2. The van der Waals surface area contributed by atoms with E-state index in [2.05, 4.69) is 92.1 Å². The predicted octanol–water partition coefficient (Wildman–Crippen LogP) is 20.3. The van der Waals surface area contributed by atoms with Gasteiger partial charge in [0.05, 0.1) is 18.8 Å². The van der Waals surface area contributed by atoms with Crippen LogP contribution in [0.15, 0.2) is 85.1 Å². The van der Waals surface area contributed by atoms with Crippen molar-refractivity contribution >= 4 is 5.91 Å². The first-order valence-electron chi connectivity index (χ1n) is 30.3. The van der Waals surface area contributed by atoms with Gasteiger partial charge in [-0.1, -0.05) is 311 Å². The number of aliphatic hydroxyl groups excluding tert-OH is 2. The Labute approximate surface area is 431 Å². The van der Waals surface area contributed by atoms with Crippen LogP contribution in [0.4, 0.5) is 0 Å². The Balaban J connectivity index is 3.50. The van der Waals surface area contributed by atoms with Gasteiger partial charge in [-0.3, -0.25) is 4.79 Å². The van der Waals surface area contributed by atoms with Gasteiger partial charge >= 0.3 is 0 Å². The van der Waals surface area contributed by atoms with Gasteiger partial charge < -0.3 is 15.5 Å². The van der Waals surface area contributed by atoms with Crippen molar-refractivity contribution in [1.29, 1.82) is 0 Å². The van der Waals surface area contributed by atoms with Gasteiger partial charge in [0.2, 0.25) is 5.91 Å². The van der Waals surface area contributed by atoms with Crippen LogP contribution in [0.1, 0.15) is 303 Å². The molecule has 0 aromatic rings. The first-order chi connectivity index (χ1) is 34.2. The number of hydrogen-bond acceptors (Lipinski definition) is 3. The highest BCUT2D eigenvalue weighted by molar-refractivity contribution is 5.76. The summed E-state index contributed by atoms with van der Waals surface area (Å²) in [6, 6.07) is -0.626. The molecule has 0 saturated carbocycles. The van der Waals surface area contributed by atoms with Crippen LogP contribution in [0.2, 0.25) is 0 Å². The Morgan fingerprint density at radius 1 is 0.362 bits per heavy atom. The molecular formula is C65H117NO3. The van der Waals surface area contributed by atoms with Gasteiger partial charge in [0.15, 0.2) is 0 Å². The third kappa shape index (κ3) is 56.4. The van der Waals surface area contributed by atoms with Crippen LogP contribution in [0, 0.1) is 0 Å². The standard InChI is InChI=1S/C65H117NO3/c1-3-5-7-9-11-13-15-17-19-21-23-25-27-28-29-30-31-32-33-34-35-36-37-38-39-41-43-45-47-49-51-53-55-57-59-61-65(69)66-63(62-67)64(68)60-58-56-54-52-50-48-46-44-42-40-26-24-22-20-18-16-14-12-10-8-6-4-2/h5,7,11,13,17,19,23,25,28-29,31-32,58,60,63-64,67-68H,3-4,6,8-10,12,14-16,18,20-22,24,26-27,30,33-57,59,61-62H2,1-2H3,(H,66,69)/b7-5-,13-11-,19-17-,25-23-,29-28-,32-31-,60-58+. The fraction of sp³-hybridized carbons (Fsp3) is 0.769. The second-order valence-electron chi connectivity index (χ2n) is 20.4. The van der Waals surface area contributed by atoms with Crippen molar-refractivity contribution in [3.63, 3.8) is 0 Å². The lowest BCUT2D eigenvalue weighted by Gasteiger charge is -2.20. The summed E-state index contributed by atoms with van der Waals surface area (Å²) in [5.74, 6) is -0.0626. The molecule has 3 N–H and O–H groups in total. The summed E-state index contributed by atoms with van der Waals surface area (Å²) in [5.41, 5.74) is 0. The van der Waals surface area contributed by atoms with Crippen LogP contribution in [0.3, 0.4) is 0 Å². The molecule has 0 aromatic carbocycles. The summed E-state index contributed by atoms with van der Waals surface area (Å²) in [6.45, 7) is 4.22. The van der Waals surface area contributed by atoms with Crippen LogP contribution in [-0.4, -0.2) is 34.9 Å². The van der Waals surface area contributed by atoms with Crippen molar-refractivity contribution in [3.8, 4) is 0 Å². The van der Waals surface area contributed by atoms with Crippen LogP contribution in [0.25, 0.3) is 0 Å². The number of hydrogen-bond donors (Lipinski definition) is 3. The second kappa shape index (κ2) is 59.9. The smallest absolute Gasteiger partial charge is 0.220 e. The molecule has 0 radical (unpaired) electrons. The van der Waals surface area contributed by atoms with Crippen molar-refractivity contribution in [1.82, 2.24) is 5.32 Å². The van der Waals surface area contributed by atoms with Gasteiger partial charge in [0, 0.05) is 6.42 Å². The first kappa shape index (κ1) is 66.6. The summed E-state index contributed by atoms with van der Waals surface area (Å²) in [4.78, 5) is 12.5. The average Bonchev–Trinajstić information content (AvgIpc) is 3.35. The van der Waals surface area contributed by atoms with Gasteiger partial charge in [0.25, 0.3) is 0 Å². The van der Waals surface area contributed by atoms with Crippen molar-refractivity contribution in [3.05, 3.63) is 85.1 Å². The summed E-state index contributed by atoms with van der Waals surface area (Å²) < 4.78 is 0. The zero-order chi connectivity index (χ0) is 49.9. The number of unbranched alkanes of at least 4 members (excludes halogenated alkanes) is 36. The van der Waals surface area contributed by atoms with Crippen molar-refractivity contribution in [2.45, 2.75) is 315 Å². The number of allylic oxidation sites excluding steroid dienone is 13. The maximum absolute atomic E-state index is 12.5. The Bertz CT molecular complexity index is 1230.